The molecule has 1 saturated carbocycles. The number of aromatic carboxylic acids is 1. The van der Waals surface area contributed by atoms with Gasteiger partial charge in [-0.15, -0.1) is 0 Å². The Bertz CT molecular complexity index is 416. The monoisotopic (exact) mass is 274 g/mol. The Morgan fingerprint density at radius 3 is 2.47 bits per heavy atom. The second-order valence-corrected chi connectivity index (χ2v) is 6.98. The van der Waals surface area contributed by atoms with E-state index in [-0.39, 0.29) is 5.56 Å². The maximum absolute atomic E-state index is 12.9. The van der Waals surface area contributed by atoms with Crippen LogP contribution < -0.4 is 4.35 Å². The molecule has 2 nitrogen and oxygen atoms in total. The molecule has 0 spiro atoms. The number of hydrogen-bond donors (Lipinski definition) is 1. The Kier molecular flexibility index (Phi) is 2.78. The zero-order valence-electron chi connectivity index (χ0n) is 7.76. The van der Waals surface area contributed by atoms with Crippen LogP contribution in [0.4, 0.5) is 8.78 Å². The Labute approximate surface area is 92.0 Å². The standard InChI is InChI=1S/C10H9AsF2O2/c12-8-3-6(10(14)15)7(4-9(8)13)11-5-1-2-5/h3-5,11H,1-2H2,(H,14,15). The molecule has 1 aliphatic carbocycles. The van der Waals surface area contributed by atoms with E-state index in [9.17, 15) is 13.6 Å². The van der Waals surface area contributed by atoms with Crippen molar-refractivity contribution >= 4 is 26.1 Å². The van der Waals surface area contributed by atoms with Crippen molar-refractivity contribution in [3.8, 4) is 0 Å². The number of carboxylic acid groups (broad SMARTS) is 1. The average molecular weight is 274 g/mol. The number of carboxylic acids is 1. The minimum absolute atomic E-state index is 0.0687. The molecule has 1 aliphatic rings. The summed E-state index contributed by atoms with van der Waals surface area (Å²) in [5.74, 6) is -3.20. The van der Waals surface area contributed by atoms with Crippen molar-refractivity contribution in [2.24, 2.45) is 0 Å². The van der Waals surface area contributed by atoms with Crippen molar-refractivity contribution in [2.45, 2.75) is 17.5 Å². The van der Waals surface area contributed by atoms with E-state index in [1.165, 1.54) is 0 Å². The van der Waals surface area contributed by atoms with Gasteiger partial charge >= 0.3 is 91.6 Å². The molecule has 1 aromatic carbocycles. The Morgan fingerprint density at radius 1 is 1.33 bits per heavy atom. The van der Waals surface area contributed by atoms with Gasteiger partial charge in [0.1, 0.15) is 0 Å². The van der Waals surface area contributed by atoms with Crippen LogP contribution in [-0.4, -0.2) is 26.8 Å². The molecular formula is C10H9AsF2O2. The fraction of sp³-hybridized carbons (Fsp3) is 0.300. The van der Waals surface area contributed by atoms with E-state index in [4.69, 9.17) is 5.11 Å². The predicted molar refractivity (Wildman–Crippen MR) is 53.1 cm³/mol. The zero-order valence-corrected chi connectivity index (χ0v) is 9.86. The van der Waals surface area contributed by atoms with Crippen molar-refractivity contribution in [2.75, 3.05) is 0 Å². The first-order valence-corrected chi connectivity index (χ1v) is 6.83. The molecule has 1 N–H and O–H groups in total. The van der Waals surface area contributed by atoms with Gasteiger partial charge in [0.25, 0.3) is 0 Å². The van der Waals surface area contributed by atoms with Gasteiger partial charge in [-0.05, 0) is 0 Å². The third kappa shape index (κ3) is 2.37. The van der Waals surface area contributed by atoms with Gasteiger partial charge in [0.05, 0.1) is 0 Å². The van der Waals surface area contributed by atoms with Crippen LogP contribution in [0.2, 0.25) is 4.71 Å². The van der Waals surface area contributed by atoms with Gasteiger partial charge in [0.15, 0.2) is 0 Å². The molecular weight excluding hydrogens is 265 g/mol. The van der Waals surface area contributed by atoms with Gasteiger partial charge in [-0.3, -0.25) is 0 Å². The first-order valence-electron chi connectivity index (χ1n) is 4.57. The molecule has 0 radical (unpaired) electrons. The summed E-state index contributed by atoms with van der Waals surface area (Å²) < 4.78 is 26.9. The van der Waals surface area contributed by atoms with Gasteiger partial charge < -0.3 is 0 Å². The third-order valence-electron chi connectivity index (χ3n) is 2.23. The minimum atomic E-state index is -1.17. The number of halogens is 2. The summed E-state index contributed by atoms with van der Waals surface area (Å²) in [6.07, 6.45) is 2.19. The molecule has 0 heterocycles. The molecule has 0 bridgehead atoms. The van der Waals surface area contributed by atoms with Crippen LogP contribution in [0, 0.1) is 11.6 Å². The number of benzene rings is 1. The van der Waals surface area contributed by atoms with E-state index in [2.05, 4.69) is 0 Å². The van der Waals surface area contributed by atoms with Gasteiger partial charge in [-0.25, -0.2) is 0 Å². The van der Waals surface area contributed by atoms with Crippen LogP contribution >= 0.6 is 0 Å². The topological polar surface area (TPSA) is 37.3 Å². The van der Waals surface area contributed by atoms with Crippen LogP contribution in [0.5, 0.6) is 0 Å². The zero-order chi connectivity index (χ0) is 11.0. The SMILES string of the molecule is O=C(O)c1cc(F)c(F)cc1[AsH]C1CC1. The quantitative estimate of drug-likeness (QED) is 0.844. The van der Waals surface area contributed by atoms with Crippen molar-refractivity contribution in [3.63, 3.8) is 0 Å². The van der Waals surface area contributed by atoms with Crippen LogP contribution in [0.25, 0.3) is 0 Å². The third-order valence-corrected chi connectivity index (χ3v) is 5.82. The number of rotatable bonds is 3. The molecule has 0 aromatic heterocycles. The molecule has 1 fully saturated rings. The second-order valence-electron chi connectivity index (χ2n) is 3.54. The molecule has 2 rings (SSSR count). The van der Waals surface area contributed by atoms with E-state index in [0.29, 0.717) is 9.06 Å². The average Bonchev–Trinajstić information content (AvgIpc) is 2.94. The van der Waals surface area contributed by atoms with Crippen molar-refractivity contribution < 1.29 is 18.7 Å². The molecule has 15 heavy (non-hydrogen) atoms. The summed E-state index contributed by atoms with van der Waals surface area (Å²) in [4.78, 5) is 10.8. The van der Waals surface area contributed by atoms with Crippen molar-refractivity contribution in [1.29, 1.82) is 0 Å². The summed E-state index contributed by atoms with van der Waals surface area (Å²) in [5, 5.41) is 8.85. The molecule has 1 aromatic rings. The predicted octanol–water partition coefficient (Wildman–Crippen LogP) is 1.31. The summed E-state index contributed by atoms with van der Waals surface area (Å²) in [6, 6.07) is 1.84. The summed E-state index contributed by atoms with van der Waals surface area (Å²) in [7, 11) is 0. The number of carbonyl (C=O) groups is 1. The molecule has 0 amide bonds. The summed E-state index contributed by atoms with van der Waals surface area (Å²) in [6.45, 7) is 0. The van der Waals surface area contributed by atoms with Crippen molar-refractivity contribution in [3.05, 3.63) is 29.3 Å². The summed E-state index contributed by atoms with van der Waals surface area (Å²) >= 11 is -0.633. The fourth-order valence-corrected chi connectivity index (χ4v) is 4.31. The molecule has 1 unspecified atom stereocenters. The molecule has 0 saturated heterocycles. The second kappa shape index (κ2) is 3.93. The van der Waals surface area contributed by atoms with E-state index >= 15 is 0 Å². The fourth-order valence-electron chi connectivity index (χ4n) is 1.29. The van der Waals surface area contributed by atoms with Crippen LogP contribution in [0.15, 0.2) is 12.1 Å². The Balaban J connectivity index is 2.39. The van der Waals surface area contributed by atoms with E-state index < -0.39 is 33.4 Å². The van der Waals surface area contributed by atoms with Crippen LogP contribution in [0.3, 0.4) is 0 Å². The van der Waals surface area contributed by atoms with Crippen LogP contribution in [0.1, 0.15) is 23.2 Å². The van der Waals surface area contributed by atoms with Gasteiger partial charge in [-0.1, -0.05) is 0 Å². The van der Waals surface area contributed by atoms with E-state index in [1.54, 1.807) is 0 Å². The Hall–Kier alpha value is -0.892. The van der Waals surface area contributed by atoms with Crippen molar-refractivity contribution in [1.82, 2.24) is 0 Å². The summed E-state index contributed by atoms with van der Waals surface area (Å²) in [5.41, 5.74) is -0.0687. The van der Waals surface area contributed by atoms with Gasteiger partial charge in [0, 0.05) is 0 Å². The maximum atomic E-state index is 12.9. The van der Waals surface area contributed by atoms with Crippen LogP contribution in [-0.2, 0) is 0 Å². The van der Waals surface area contributed by atoms with Gasteiger partial charge in [0.2, 0.25) is 0 Å². The first-order chi connectivity index (χ1) is 7.08. The number of hydrogen-bond acceptors (Lipinski definition) is 1. The molecule has 5 heteroatoms. The molecule has 1 atom stereocenters. The normalized spacial score (nSPS) is 16.1. The molecule has 80 valence electrons. The van der Waals surface area contributed by atoms with Gasteiger partial charge in [-0.2, -0.15) is 0 Å². The van der Waals surface area contributed by atoms with E-state index in [0.717, 1.165) is 25.0 Å². The first kappa shape index (κ1) is 10.6. The van der Waals surface area contributed by atoms with E-state index in [1.807, 2.05) is 0 Å². The Morgan fingerprint density at radius 2 is 1.93 bits per heavy atom. The molecule has 0 aliphatic heterocycles.